The van der Waals surface area contributed by atoms with Crippen LogP contribution in [0.2, 0.25) is 10.0 Å². The molecule has 3 rings (SSSR count). The predicted octanol–water partition coefficient (Wildman–Crippen LogP) is 6.48. The molecule has 0 bridgehead atoms. The van der Waals surface area contributed by atoms with Crippen LogP contribution in [0.5, 0.6) is 0 Å². The van der Waals surface area contributed by atoms with Gasteiger partial charge in [0.2, 0.25) is 0 Å². The topological polar surface area (TPSA) is 50.5 Å². The Bertz CT molecular complexity index is 875. The van der Waals surface area contributed by atoms with Crippen molar-refractivity contribution in [3.63, 3.8) is 0 Å². The second-order valence-electron chi connectivity index (χ2n) is 5.84. The van der Waals surface area contributed by atoms with Crippen LogP contribution in [-0.4, -0.2) is 22.6 Å². The lowest BCUT2D eigenvalue weighted by atomic mass is 10.2. The van der Waals surface area contributed by atoms with Crippen LogP contribution in [0.1, 0.15) is 31.9 Å². The third-order valence-electron chi connectivity index (χ3n) is 3.98. The summed E-state index contributed by atoms with van der Waals surface area (Å²) in [5.41, 5.74) is 0.673. The molecule has 4 nitrogen and oxygen atoms in total. The number of halogens is 2. The van der Waals surface area contributed by atoms with Crippen LogP contribution in [0, 0.1) is 0 Å². The van der Waals surface area contributed by atoms with Gasteiger partial charge in [-0.1, -0.05) is 49.0 Å². The van der Waals surface area contributed by atoms with E-state index in [1.165, 1.54) is 4.90 Å². The molecule has 0 radical (unpaired) electrons. The molecule has 1 saturated heterocycles. The first-order valence-electron chi connectivity index (χ1n) is 8.31. The lowest BCUT2D eigenvalue weighted by molar-refractivity contribution is -0.122. The van der Waals surface area contributed by atoms with Crippen molar-refractivity contribution in [1.29, 1.82) is 0 Å². The second-order valence-corrected chi connectivity index (χ2v) is 7.62. The number of thioether (sulfide) groups is 1. The molecule has 0 spiro atoms. The number of benzene rings is 1. The fourth-order valence-electron chi connectivity index (χ4n) is 2.61. The first kappa shape index (κ1) is 19.1. The quantitative estimate of drug-likeness (QED) is 0.404. The molecule has 2 amide bonds. The minimum Gasteiger partial charge on any atom is -0.457 e. The molecular formula is C19H17Cl2NO3S. The maximum atomic E-state index is 12.4. The Kier molecular flexibility index (Phi) is 6.12. The fourth-order valence-corrected chi connectivity index (χ4v) is 3.85. The van der Waals surface area contributed by atoms with Gasteiger partial charge in [-0.2, -0.15) is 0 Å². The summed E-state index contributed by atoms with van der Waals surface area (Å²) in [5, 5.41) is 0.614. The van der Waals surface area contributed by atoms with Crippen LogP contribution >= 0.6 is 35.0 Å². The molecular weight excluding hydrogens is 393 g/mol. The molecule has 0 aliphatic carbocycles. The van der Waals surface area contributed by atoms with E-state index in [9.17, 15) is 9.59 Å². The maximum Gasteiger partial charge on any atom is 0.293 e. The zero-order chi connectivity index (χ0) is 18.7. The van der Waals surface area contributed by atoms with Crippen molar-refractivity contribution in [3.8, 4) is 11.3 Å². The van der Waals surface area contributed by atoms with Crippen LogP contribution in [0.25, 0.3) is 17.4 Å². The second kappa shape index (κ2) is 8.33. The zero-order valence-electron chi connectivity index (χ0n) is 14.1. The van der Waals surface area contributed by atoms with Gasteiger partial charge >= 0.3 is 0 Å². The Hall–Kier alpha value is -1.69. The summed E-state index contributed by atoms with van der Waals surface area (Å²) in [6.07, 6.45) is 4.43. The number of unbranched alkanes of at least 4 members (excludes halogenated alkanes) is 2. The van der Waals surface area contributed by atoms with Gasteiger partial charge in [0, 0.05) is 18.2 Å². The Balaban J connectivity index is 1.79. The van der Waals surface area contributed by atoms with E-state index in [-0.39, 0.29) is 11.1 Å². The number of carbonyl (C=O) groups excluding carboxylic acids is 2. The largest absolute Gasteiger partial charge is 0.457 e. The molecule has 0 saturated carbocycles. The average Bonchev–Trinajstić information content (AvgIpc) is 3.17. The van der Waals surface area contributed by atoms with Gasteiger partial charge in [-0.05, 0) is 42.4 Å². The molecule has 7 heteroatoms. The van der Waals surface area contributed by atoms with Crippen molar-refractivity contribution in [2.75, 3.05) is 6.54 Å². The summed E-state index contributed by atoms with van der Waals surface area (Å²) >= 11 is 13.2. The first-order valence-corrected chi connectivity index (χ1v) is 9.88. The minimum atomic E-state index is -0.269. The summed E-state index contributed by atoms with van der Waals surface area (Å²) in [5.74, 6) is 0.760. The Morgan fingerprint density at radius 2 is 1.96 bits per heavy atom. The van der Waals surface area contributed by atoms with E-state index >= 15 is 0 Å². The van der Waals surface area contributed by atoms with Crippen molar-refractivity contribution in [3.05, 3.63) is 51.0 Å². The minimum absolute atomic E-state index is 0.234. The van der Waals surface area contributed by atoms with E-state index in [1.807, 2.05) is 0 Å². The Morgan fingerprint density at radius 1 is 1.15 bits per heavy atom. The van der Waals surface area contributed by atoms with Crippen LogP contribution in [0.15, 0.2) is 39.7 Å². The molecule has 1 aromatic heterocycles. The summed E-state index contributed by atoms with van der Waals surface area (Å²) in [4.78, 5) is 26.1. The molecule has 1 fully saturated rings. The maximum absolute atomic E-state index is 12.4. The highest BCUT2D eigenvalue weighted by Gasteiger charge is 2.34. The Labute approximate surface area is 166 Å². The van der Waals surface area contributed by atoms with Crippen LogP contribution in [0.3, 0.4) is 0 Å². The number of carbonyl (C=O) groups is 2. The SMILES string of the molecule is CCCCCN1C(=O)S/C(=C\c2ccc(-c3cccc(Cl)c3Cl)o2)C1=O. The van der Waals surface area contributed by atoms with Gasteiger partial charge in [-0.15, -0.1) is 0 Å². The smallest absolute Gasteiger partial charge is 0.293 e. The van der Waals surface area contributed by atoms with Crippen molar-refractivity contribution in [2.45, 2.75) is 26.2 Å². The summed E-state index contributed by atoms with van der Waals surface area (Å²) in [7, 11) is 0. The molecule has 1 aromatic carbocycles. The van der Waals surface area contributed by atoms with Gasteiger partial charge in [0.05, 0.1) is 15.0 Å². The first-order chi connectivity index (χ1) is 12.5. The van der Waals surface area contributed by atoms with E-state index in [2.05, 4.69) is 6.92 Å². The van der Waals surface area contributed by atoms with E-state index in [1.54, 1.807) is 36.4 Å². The fraction of sp³-hybridized carbons (Fsp3) is 0.263. The molecule has 26 heavy (non-hydrogen) atoms. The number of amides is 2. The molecule has 1 aliphatic heterocycles. The Morgan fingerprint density at radius 3 is 2.73 bits per heavy atom. The van der Waals surface area contributed by atoms with E-state index in [4.69, 9.17) is 27.6 Å². The number of rotatable bonds is 6. The normalized spacial score (nSPS) is 16.1. The highest BCUT2D eigenvalue weighted by atomic mass is 35.5. The zero-order valence-corrected chi connectivity index (χ0v) is 16.5. The third kappa shape index (κ3) is 4.00. The van der Waals surface area contributed by atoms with Gasteiger partial charge in [0.25, 0.3) is 11.1 Å². The molecule has 0 unspecified atom stereocenters. The van der Waals surface area contributed by atoms with Gasteiger partial charge in [0.1, 0.15) is 11.5 Å². The predicted molar refractivity (Wildman–Crippen MR) is 106 cm³/mol. The van der Waals surface area contributed by atoms with Crippen LogP contribution in [0.4, 0.5) is 4.79 Å². The van der Waals surface area contributed by atoms with Crippen LogP contribution < -0.4 is 0 Å². The van der Waals surface area contributed by atoms with Crippen molar-refractivity contribution < 1.29 is 14.0 Å². The lowest BCUT2D eigenvalue weighted by Crippen LogP contribution is -2.29. The number of hydrogen-bond donors (Lipinski definition) is 0. The van der Waals surface area contributed by atoms with Gasteiger partial charge in [-0.3, -0.25) is 14.5 Å². The van der Waals surface area contributed by atoms with Gasteiger partial charge < -0.3 is 4.42 Å². The summed E-state index contributed by atoms with van der Waals surface area (Å²) < 4.78 is 5.77. The van der Waals surface area contributed by atoms with E-state index in [0.29, 0.717) is 38.6 Å². The van der Waals surface area contributed by atoms with Gasteiger partial charge in [0.15, 0.2) is 0 Å². The highest BCUT2D eigenvalue weighted by molar-refractivity contribution is 8.18. The van der Waals surface area contributed by atoms with Gasteiger partial charge in [-0.25, -0.2) is 0 Å². The van der Waals surface area contributed by atoms with E-state index < -0.39 is 0 Å². The molecule has 2 heterocycles. The number of furan rings is 1. The molecule has 0 N–H and O–H groups in total. The van der Waals surface area contributed by atoms with Crippen molar-refractivity contribution in [2.24, 2.45) is 0 Å². The van der Waals surface area contributed by atoms with Crippen molar-refractivity contribution >= 4 is 52.2 Å². The monoisotopic (exact) mass is 409 g/mol. The lowest BCUT2D eigenvalue weighted by Gasteiger charge is -2.11. The number of imide groups is 1. The van der Waals surface area contributed by atoms with E-state index in [0.717, 1.165) is 31.0 Å². The number of hydrogen-bond acceptors (Lipinski definition) is 4. The van der Waals surface area contributed by atoms with Crippen LogP contribution in [-0.2, 0) is 4.79 Å². The summed E-state index contributed by atoms with van der Waals surface area (Å²) in [6, 6.07) is 8.78. The third-order valence-corrected chi connectivity index (χ3v) is 5.70. The molecule has 136 valence electrons. The standard InChI is InChI=1S/C19H17Cl2NO3S/c1-2-3-4-10-22-18(23)16(26-19(22)24)11-12-8-9-15(25-12)13-6-5-7-14(20)17(13)21/h5-9,11H,2-4,10H2,1H3/b16-11-. The molecule has 0 atom stereocenters. The average molecular weight is 410 g/mol. The molecule has 1 aliphatic rings. The molecule has 2 aromatic rings. The van der Waals surface area contributed by atoms with Crippen molar-refractivity contribution in [1.82, 2.24) is 4.90 Å². The number of nitrogens with zero attached hydrogens (tertiary/aromatic N) is 1. The highest BCUT2D eigenvalue weighted by Crippen LogP contribution is 2.36. The summed E-state index contributed by atoms with van der Waals surface area (Å²) in [6.45, 7) is 2.53.